The zero-order chi connectivity index (χ0) is 31.5. The third-order valence-corrected chi connectivity index (χ3v) is 9.08. The molecule has 0 spiro atoms. The maximum absolute atomic E-state index is 14.0. The minimum absolute atomic E-state index is 0.181. The second-order valence-electron chi connectivity index (χ2n) is 9.63. The number of esters is 1. The first kappa shape index (κ1) is 31.8. The molecule has 0 saturated carbocycles. The summed E-state index contributed by atoms with van der Waals surface area (Å²) in [5.41, 5.74) is 2.68. The molecule has 0 aliphatic carbocycles. The maximum atomic E-state index is 14.0. The van der Waals surface area contributed by atoms with Gasteiger partial charge in [0.2, 0.25) is 0 Å². The number of carbonyl (C=O) groups excluding carboxylic acids is 1. The average molecular weight is 718 g/mol. The Morgan fingerprint density at radius 1 is 1.05 bits per heavy atom. The van der Waals surface area contributed by atoms with E-state index in [1.807, 2.05) is 24.3 Å². The monoisotopic (exact) mass is 716 g/mol. The second-order valence-corrected chi connectivity index (χ2v) is 12.3. The highest BCUT2D eigenvalue weighted by Crippen LogP contribution is 2.36. The van der Waals surface area contributed by atoms with Gasteiger partial charge in [0.05, 0.1) is 47.1 Å². The van der Waals surface area contributed by atoms with Crippen LogP contribution in [-0.2, 0) is 16.1 Å². The number of methoxy groups -OCH3 is 2. The van der Waals surface area contributed by atoms with E-state index in [0.29, 0.717) is 52.4 Å². The number of aromatic nitrogens is 1. The summed E-state index contributed by atoms with van der Waals surface area (Å²) in [5, 5.41) is 1.07. The first-order valence-electron chi connectivity index (χ1n) is 13.4. The molecule has 0 bridgehead atoms. The maximum Gasteiger partial charge on any atom is 0.338 e. The summed E-state index contributed by atoms with van der Waals surface area (Å²) < 4.78 is 24.9. The first-order valence-corrected chi connectivity index (χ1v) is 15.8. The fourth-order valence-electron chi connectivity index (χ4n) is 4.80. The normalized spacial score (nSPS) is 14.6. The topological polar surface area (TPSA) is 88.4 Å². The van der Waals surface area contributed by atoms with Crippen LogP contribution in [-0.4, -0.2) is 31.4 Å². The van der Waals surface area contributed by atoms with Crippen molar-refractivity contribution in [3.63, 3.8) is 0 Å². The Morgan fingerprint density at radius 2 is 1.80 bits per heavy atom. The smallest absolute Gasteiger partial charge is 0.338 e. The molecule has 8 nitrogen and oxygen atoms in total. The molecule has 44 heavy (non-hydrogen) atoms. The molecule has 1 aliphatic heterocycles. The van der Waals surface area contributed by atoms with Crippen molar-refractivity contribution in [2.24, 2.45) is 4.99 Å². The van der Waals surface area contributed by atoms with E-state index in [1.54, 1.807) is 57.4 Å². The number of halogens is 3. The van der Waals surface area contributed by atoms with E-state index in [2.05, 4.69) is 20.9 Å². The van der Waals surface area contributed by atoms with Crippen molar-refractivity contribution < 1.29 is 23.7 Å². The van der Waals surface area contributed by atoms with Crippen LogP contribution in [0.5, 0.6) is 17.2 Å². The van der Waals surface area contributed by atoms with Crippen molar-refractivity contribution in [1.82, 2.24) is 4.57 Å². The Labute approximate surface area is 275 Å². The Morgan fingerprint density at radius 3 is 2.48 bits per heavy atom. The average Bonchev–Trinajstić information content (AvgIpc) is 3.30. The molecule has 0 fully saturated rings. The molecule has 0 amide bonds. The summed E-state index contributed by atoms with van der Waals surface area (Å²) in [6.07, 6.45) is 1.78. The molecule has 12 heteroatoms. The predicted molar refractivity (Wildman–Crippen MR) is 175 cm³/mol. The number of carbonyl (C=O) groups is 1. The third-order valence-electron chi connectivity index (χ3n) is 6.89. The van der Waals surface area contributed by atoms with Crippen LogP contribution in [0, 0.1) is 0 Å². The molecule has 1 atom stereocenters. The van der Waals surface area contributed by atoms with Crippen LogP contribution in [0.15, 0.2) is 80.1 Å². The van der Waals surface area contributed by atoms with Crippen LogP contribution in [0.3, 0.4) is 0 Å². The van der Waals surface area contributed by atoms with E-state index in [4.69, 9.17) is 42.1 Å². The summed E-state index contributed by atoms with van der Waals surface area (Å²) in [5.74, 6) is 1.06. The quantitative estimate of drug-likeness (QED) is 0.185. The van der Waals surface area contributed by atoms with Crippen LogP contribution in [0.4, 0.5) is 0 Å². The van der Waals surface area contributed by atoms with Crippen LogP contribution in [0.1, 0.15) is 36.6 Å². The molecular weight excluding hydrogens is 691 g/mol. The van der Waals surface area contributed by atoms with Gasteiger partial charge in [0.1, 0.15) is 12.4 Å². The number of ether oxygens (including phenoxy) is 4. The molecule has 4 aromatic rings. The Kier molecular flexibility index (Phi) is 9.84. The van der Waals surface area contributed by atoms with Crippen LogP contribution < -0.4 is 29.1 Å². The Hall–Kier alpha value is -3.57. The van der Waals surface area contributed by atoms with E-state index in [9.17, 15) is 9.59 Å². The highest BCUT2D eigenvalue weighted by Gasteiger charge is 2.34. The number of thiazole rings is 1. The molecule has 0 unspecified atom stereocenters. The molecule has 1 aliphatic rings. The molecule has 3 aromatic carbocycles. The molecule has 2 heterocycles. The number of benzene rings is 3. The standard InChI is InChI=1S/C32H27BrCl2N2O6S/c1-5-42-31(39)28-17(2)36-32-37(29(28)19-8-11-25(40-3)26(14-19)41-4)30(38)27(44-32)13-18-6-10-24(22(33)12-18)43-16-20-7-9-21(34)15-23(20)35/h6-15,29H,5,16H2,1-4H3/b27-13-/t29-/m1/s1. The lowest BCUT2D eigenvalue weighted by atomic mass is 9.95. The van der Waals surface area contributed by atoms with Gasteiger partial charge in [0.25, 0.3) is 5.56 Å². The van der Waals surface area contributed by atoms with E-state index >= 15 is 0 Å². The number of hydrogen-bond donors (Lipinski definition) is 0. The molecule has 0 radical (unpaired) electrons. The molecule has 0 saturated heterocycles. The van der Waals surface area contributed by atoms with E-state index < -0.39 is 12.0 Å². The highest BCUT2D eigenvalue weighted by atomic mass is 79.9. The van der Waals surface area contributed by atoms with Gasteiger partial charge in [-0.25, -0.2) is 9.79 Å². The lowest BCUT2D eigenvalue weighted by Crippen LogP contribution is -2.39. The van der Waals surface area contributed by atoms with Gasteiger partial charge < -0.3 is 18.9 Å². The minimum Gasteiger partial charge on any atom is -0.493 e. The van der Waals surface area contributed by atoms with Crippen LogP contribution >= 0.6 is 50.5 Å². The first-order chi connectivity index (χ1) is 21.1. The number of rotatable bonds is 9. The van der Waals surface area contributed by atoms with E-state index in [-0.39, 0.29) is 24.3 Å². The lowest BCUT2D eigenvalue weighted by Gasteiger charge is -2.25. The van der Waals surface area contributed by atoms with Crippen molar-refractivity contribution in [3.8, 4) is 17.2 Å². The number of nitrogens with zero attached hydrogens (tertiary/aromatic N) is 2. The number of hydrogen-bond acceptors (Lipinski definition) is 8. The highest BCUT2D eigenvalue weighted by molar-refractivity contribution is 9.10. The summed E-state index contributed by atoms with van der Waals surface area (Å²) in [6.45, 7) is 3.91. The second kappa shape index (κ2) is 13.6. The summed E-state index contributed by atoms with van der Waals surface area (Å²) in [7, 11) is 3.07. The molecule has 1 aromatic heterocycles. The number of fused-ring (bicyclic) bond motifs is 1. The van der Waals surface area contributed by atoms with Gasteiger partial charge in [-0.1, -0.05) is 52.7 Å². The molecule has 5 rings (SSSR count). The van der Waals surface area contributed by atoms with Crippen molar-refractivity contribution in [2.45, 2.75) is 26.5 Å². The van der Waals surface area contributed by atoms with Crippen molar-refractivity contribution in [2.75, 3.05) is 20.8 Å². The van der Waals surface area contributed by atoms with Crippen molar-refractivity contribution in [1.29, 1.82) is 0 Å². The fraction of sp³-hybridized carbons (Fsp3) is 0.219. The van der Waals surface area contributed by atoms with E-state index in [1.165, 1.54) is 23.0 Å². The summed E-state index contributed by atoms with van der Waals surface area (Å²) >= 11 is 17.1. The van der Waals surface area contributed by atoms with Crippen LogP contribution in [0.2, 0.25) is 10.0 Å². The SMILES string of the molecule is CCOC(=O)C1=C(C)N=c2s/c(=C\c3ccc(OCc4ccc(Cl)cc4Cl)c(Br)c3)c(=O)n2[C@@H]1c1ccc(OC)c(OC)c1. The van der Waals surface area contributed by atoms with Gasteiger partial charge in [-0.3, -0.25) is 9.36 Å². The van der Waals surface area contributed by atoms with Gasteiger partial charge in [-0.05, 0) is 83.4 Å². The van der Waals surface area contributed by atoms with Gasteiger partial charge in [0.15, 0.2) is 16.3 Å². The summed E-state index contributed by atoms with van der Waals surface area (Å²) in [6, 6.07) is 15.3. The fourth-order valence-corrected chi connectivity index (χ4v) is 6.82. The zero-order valence-corrected chi connectivity index (χ0v) is 28.1. The van der Waals surface area contributed by atoms with Crippen LogP contribution in [0.25, 0.3) is 6.08 Å². The Balaban J connectivity index is 1.54. The van der Waals surface area contributed by atoms with E-state index in [0.717, 1.165) is 11.1 Å². The predicted octanol–water partition coefficient (Wildman–Crippen LogP) is 6.46. The van der Waals surface area contributed by atoms with Crippen molar-refractivity contribution >= 4 is 62.5 Å². The summed E-state index contributed by atoms with van der Waals surface area (Å²) in [4.78, 5) is 32.3. The van der Waals surface area contributed by atoms with Gasteiger partial charge in [-0.15, -0.1) is 0 Å². The molecule has 228 valence electrons. The van der Waals surface area contributed by atoms with Crippen molar-refractivity contribution in [3.05, 3.63) is 117 Å². The van der Waals surface area contributed by atoms with Gasteiger partial charge in [0, 0.05) is 15.6 Å². The number of allylic oxidation sites excluding steroid dienone is 1. The zero-order valence-electron chi connectivity index (χ0n) is 24.2. The van der Waals surface area contributed by atoms with Gasteiger partial charge >= 0.3 is 5.97 Å². The third kappa shape index (κ3) is 6.44. The minimum atomic E-state index is -0.783. The Bertz CT molecular complexity index is 1970. The molecular formula is C32H27BrCl2N2O6S. The molecule has 0 N–H and O–H groups in total. The van der Waals surface area contributed by atoms with Gasteiger partial charge in [-0.2, -0.15) is 0 Å². The lowest BCUT2D eigenvalue weighted by molar-refractivity contribution is -0.139. The largest absolute Gasteiger partial charge is 0.493 e.